The molecule has 2 aromatic rings. The number of nitrogens with zero attached hydrogens (tertiary/aromatic N) is 1. The number of hydrogen-bond acceptors (Lipinski definition) is 5. The van der Waals surface area contributed by atoms with Crippen molar-refractivity contribution in [1.29, 1.82) is 0 Å². The molecule has 0 spiro atoms. The van der Waals surface area contributed by atoms with Crippen molar-refractivity contribution in [2.45, 2.75) is 13.0 Å². The van der Waals surface area contributed by atoms with E-state index in [2.05, 4.69) is 17.2 Å². The van der Waals surface area contributed by atoms with Crippen LogP contribution in [0.25, 0.3) is 0 Å². The van der Waals surface area contributed by atoms with Crippen LogP contribution in [0.1, 0.15) is 28.2 Å². The third kappa shape index (κ3) is 2.87. The first-order chi connectivity index (χ1) is 8.70. The molecule has 1 N–H and O–H groups in total. The minimum atomic E-state index is -0.330. The Labute approximate surface area is 110 Å². The Kier molecular flexibility index (Phi) is 3.94. The Bertz CT molecular complexity index is 526. The van der Waals surface area contributed by atoms with Crippen molar-refractivity contribution in [3.63, 3.8) is 0 Å². The normalized spacial score (nSPS) is 11.9. The predicted octanol–water partition coefficient (Wildman–Crippen LogP) is 3.10. The summed E-state index contributed by atoms with van der Waals surface area (Å²) in [5.41, 5.74) is 3.23. The topological polar surface area (TPSA) is 51.2 Å². The number of carbonyl (C=O) groups is 1. The Morgan fingerprint density at radius 1 is 1.50 bits per heavy atom. The molecule has 18 heavy (non-hydrogen) atoms. The van der Waals surface area contributed by atoms with Crippen LogP contribution in [0.5, 0.6) is 0 Å². The number of rotatable bonds is 4. The van der Waals surface area contributed by atoms with Crippen molar-refractivity contribution < 1.29 is 9.53 Å². The summed E-state index contributed by atoms with van der Waals surface area (Å²) in [6.07, 6.45) is 1.84. The number of nitrogens with one attached hydrogen (secondary N) is 1. The molecule has 0 aliphatic carbocycles. The lowest BCUT2D eigenvalue weighted by Crippen LogP contribution is -2.06. The number of hydrogen-bond donors (Lipinski definition) is 1. The highest BCUT2D eigenvalue weighted by Crippen LogP contribution is 2.22. The fourth-order valence-electron chi connectivity index (χ4n) is 1.61. The minimum absolute atomic E-state index is 0.158. The van der Waals surface area contributed by atoms with Crippen LogP contribution >= 0.6 is 11.3 Å². The van der Waals surface area contributed by atoms with Crippen molar-refractivity contribution in [3.8, 4) is 0 Å². The first kappa shape index (κ1) is 12.6. The molecule has 1 heterocycles. The summed E-state index contributed by atoms with van der Waals surface area (Å²) in [4.78, 5) is 16.6. The number of ether oxygens (including phenoxy) is 1. The molecule has 0 amide bonds. The molecule has 4 nitrogen and oxygen atoms in total. The molecular formula is C13H14N2O2S. The first-order valence-corrected chi connectivity index (χ1v) is 6.42. The van der Waals surface area contributed by atoms with Gasteiger partial charge in [-0.1, -0.05) is 6.07 Å². The van der Waals surface area contributed by atoms with Crippen LogP contribution < -0.4 is 5.32 Å². The average molecular weight is 262 g/mol. The predicted molar refractivity (Wildman–Crippen MR) is 71.9 cm³/mol. The van der Waals surface area contributed by atoms with Gasteiger partial charge in [-0.2, -0.15) is 0 Å². The summed E-state index contributed by atoms with van der Waals surface area (Å²) in [6.45, 7) is 2.05. The second kappa shape index (κ2) is 5.64. The molecule has 94 valence electrons. The van der Waals surface area contributed by atoms with Gasteiger partial charge in [0.25, 0.3) is 0 Å². The molecular weight excluding hydrogens is 248 g/mol. The van der Waals surface area contributed by atoms with E-state index in [9.17, 15) is 4.79 Å². The maximum Gasteiger partial charge on any atom is 0.337 e. The molecule has 1 atom stereocenters. The molecule has 2 rings (SSSR count). The van der Waals surface area contributed by atoms with Crippen molar-refractivity contribution in [3.05, 3.63) is 46.4 Å². The summed E-state index contributed by atoms with van der Waals surface area (Å²) in [7, 11) is 1.38. The molecule has 0 fully saturated rings. The summed E-state index contributed by atoms with van der Waals surface area (Å²) in [6, 6.07) is 7.42. The van der Waals surface area contributed by atoms with E-state index < -0.39 is 0 Å². The number of esters is 1. The Balaban J connectivity index is 2.12. The van der Waals surface area contributed by atoms with E-state index in [1.165, 1.54) is 7.11 Å². The summed E-state index contributed by atoms with van der Waals surface area (Å²) in [5.74, 6) is -0.330. The second-order valence-corrected chi connectivity index (χ2v) is 4.76. The smallest absolute Gasteiger partial charge is 0.337 e. The van der Waals surface area contributed by atoms with Gasteiger partial charge >= 0.3 is 5.97 Å². The van der Waals surface area contributed by atoms with E-state index in [1.54, 1.807) is 29.0 Å². The highest BCUT2D eigenvalue weighted by Gasteiger charge is 2.09. The number of benzene rings is 1. The lowest BCUT2D eigenvalue weighted by Gasteiger charge is -2.13. The fourth-order valence-corrected chi connectivity index (χ4v) is 2.24. The maximum absolute atomic E-state index is 11.4. The lowest BCUT2D eigenvalue weighted by atomic mass is 10.2. The zero-order chi connectivity index (χ0) is 13.0. The van der Waals surface area contributed by atoms with Crippen LogP contribution in [0.15, 0.2) is 36.0 Å². The first-order valence-electron chi connectivity index (χ1n) is 5.54. The standard InChI is InChI=1S/C13H14N2O2S/c1-9(12-7-14-8-18-12)15-11-5-3-4-10(6-11)13(16)17-2/h3-9,15H,1-2H3. The summed E-state index contributed by atoms with van der Waals surface area (Å²) >= 11 is 1.60. The third-order valence-electron chi connectivity index (χ3n) is 2.55. The van der Waals surface area contributed by atoms with E-state index in [4.69, 9.17) is 4.74 Å². The van der Waals surface area contributed by atoms with Gasteiger partial charge in [0.1, 0.15) is 0 Å². The number of carbonyl (C=O) groups excluding carboxylic acids is 1. The molecule has 0 saturated carbocycles. The van der Waals surface area contributed by atoms with Crippen LogP contribution in [0, 0.1) is 0 Å². The SMILES string of the molecule is COC(=O)c1cccc(NC(C)c2cncs2)c1. The van der Waals surface area contributed by atoms with Crippen molar-refractivity contribution in [2.75, 3.05) is 12.4 Å². The third-order valence-corrected chi connectivity index (χ3v) is 3.50. The zero-order valence-electron chi connectivity index (χ0n) is 10.2. The highest BCUT2D eigenvalue weighted by molar-refractivity contribution is 7.09. The molecule has 1 aromatic heterocycles. The van der Waals surface area contributed by atoms with Crippen molar-refractivity contribution in [2.24, 2.45) is 0 Å². The monoisotopic (exact) mass is 262 g/mol. The molecule has 0 bridgehead atoms. The van der Waals surface area contributed by atoms with Crippen LogP contribution in [0.3, 0.4) is 0 Å². The van der Waals surface area contributed by atoms with Crippen molar-refractivity contribution >= 4 is 23.0 Å². The van der Waals surface area contributed by atoms with E-state index in [0.717, 1.165) is 10.6 Å². The van der Waals surface area contributed by atoms with Crippen molar-refractivity contribution in [1.82, 2.24) is 4.98 Å². The van der Waals surface area contributed by atoms with Gasteiger partial charge in [0.05, 0.1) is 24.2 Å². The largest absolute Gasteiger partial charge is 0.465 e. The molecule has 1 unspecified atom stereocenters. The molecule has 0 aliphatic rings. The van der Waals surface area contributed by atoms with E-state index >= 15 is 0 Å². The van der Waals surface area contributed by atoms with Gasteiger partial charge in [-0.05, 0) is 25.1 Å². The average Bonchev–Trinajstić information content (AvgIpc) is 2.92. The summed E-state index contributed by atoms with van der Waals surface area (Å²) < 4.78 is 4.69. The minimum Gasteiger partial charge on any atom is -0.465 e. The Morgan fingerprint density at radius 3 is 3.00 bits per heavy atom. The second-order valence-electron chi connectivity index (χ2n) is 3.84. The lowest BCUT2D eigenvalue weighted by molar-refractivity contribution is 0.0601. The zero-order valence-corrected chi connectivity index (χ0v) is 11.0. The molecule has 5 heteroatoms. The quantitative estimate of drug-likeness (QED) is 0.860. The fraction of sp³-hybridized carbons (Fsp3) is 0.231. The number of anilines is 1. The highest BCUT2D eigenvalue weighted by atomic mass is 32.1. The molecule has 0 aliphatic heterocycles. The molecule has 0 radical (unpaired) electrons. The summed E-state index contributed by atoms with van der Waals surface area (Å²) in [5, 5.41) is 3.33. The van der Waals surface area contributed by atoms with Gasteiger partial charge in [0.2, 0.25) is 0 Å². The van der Waals surface area contributed by atoms with Crippen LogP contribution in [-0.2, 0) is 4.74 Å². The van der Waals surface area contributed by atoms with Gasteiger partial charge in [0.15, 0.2) is 0 Å². The molecule has 0 saturated heterocycles. The van der Waals surface area contributed by atoms with Crippen LogP contribution in [-0.4, -0.2) is 18.1 Å². The van der Waals surface area contributed by atoms with E-state index in [-0.39, 0.29) is 12.0 Å². The number of aromatic nitrogens is 1. The maximum atomic E-state index is 11.4. The van der Waals surface area contributed by atoms with Gasteiger partial charge < -0.3 is 10.1 Å². The molecule has 1 aromatic carbocycles. The van der Waals surface area contributed by atoms with Gasteiger partial charge in [-0.25, -0.2) is 4.79 Å². The van der Waals surface area contributed by atoms with E-state index in [1.807, 2.05) is 18.3 Å². The van der Waals surface area contributed by atoms with Gasteiger partial charge in [0, 0.05) is 16.8 Å². The number of thiazole rings is 1. The van der Waals surface area contributed by atoms with Gasteiger partial charge in [-0.15, -0.1) is 11.3 Å². The van der Waals surface area contributed by atoms with Crippen LogP contribution in [0.2, 0.25) is 0 Å². The Hall–Kier alpha value is -1.88. The van der Waals surface area contributed by atoms with Crippen LogP contribution in [0.4, 0.5) is 5.69 Å². The van der Waals surface area contributed by atoms with Gasteiger partial charge in [-0.3, -0.25) is 4.98 Å². The van der Waals surface area contributed by atoms with E-state index in [0.29, 0.717) is 5.56 Å². The number of methoxy groups -OCH3 is 1. The Morgan fingerprint density at radius 2 is 2.33 bits per heavy atom.